The third kappa shape index (κ3) is 8.05. The molecule has 0 radical (unpaired) electrons. The third-order valence-electron chi connectivity index (χ3n) is 8.59. The maximum absolute atomic E-state index is 13.8. The van der Waals surface area contributed by atoms with Crippen LogP contribution in [0.2, 0.25) is 0 Å². The van der Waals surface area contributed by atoms with E-state index in [2.05, 4.69) is 22.8 Å². The summed E-state index contributed by atoms with van der Waals surface area (Å²) in [5, 5.41) is 5.77. The molecule has 1 aromatic rings. The normalized spacial score (nSPS) is 29.3. The molecule has 0 spiro atoms. The van der Waals surface area contributed by atoms with Crippen LogP contribution in [0.4, 0.5) is 0 Å². The number of hydrogen-bond donors (Lipinski definition) is 2. The van der Waals surface area contributed by atoms with E-state index in [4.69, 9.17) is 4.74 Å². The van der Waals surface area contributed by atoms with Crippen molar-refractivity contribution in [3.05, 3.63) is 48.0 Å². The first-order chi connectivity index (χ1) is 19.7. The van der Waals surface area contributed by atoms with Crippen molar-refractivity contribution in [3.8, 4) is 0 Å². The number of nitrogens with zero attached hydrogens (tertiary/aromatic N) is 1. The number of fused-ring (bicyclic) bond motifs is 2. The summed E-state index contributed by atoms with van der Waals surface area (Å²) >= 11 is 0. The number of benzene rings is 1. The fourth-order valence-electron chi connectivity index (χ4n) is 6.13. The lowest BCUT2D eigenvalue weighted by molar-refractivity contribution is -0.147. The van der Waals surface area contributed by atoms with Crippen LogP contribution >= 0.6 is 0 Å². The zero-order valence-electron chi connectivity index (χ0n) is 24.2. The van der Waals surface area contributed by atoms with Gasteiger partial charge in [-0.3, -0.25) is 24.0 Å². The van der Waals surface area contributed by atoms with E-state index in [-0.39, 0.29) is 67.7 Å². The van der Waals surface area contributed by atoms with Gasteiger partial charge in [-0.15, -0.1) is 0 Å². The van der Waals surface area contributed by atoms with Crippen molar-refractivity contribution in [1.82, 2.24) is 15.5 Å². The smallest absolute Gasteiger partial charge is 0.302 e. The Hall–Kier alpha value is -3.49. The van der Waals surface area contributed by atoms with Crippen LogP contribution in [0.15, 0.2) is 42.5 Å². The van der Waals surface area contributed by atoms with Crippen LogP contribution in [0.1, 0.15) is 77.2 Å². The van der Waals surface area contributed by atoms with Crippen LogP contribution in [-0.4, -0.2) is 59.6 Å². The number of ketones is 1. The fourth-order valence-corrected chi connectivity index (χ4v) is 6.13. The van der Waals surface area contributed by atoms with Crippen LogP contribution in [0.5, 0.6) is 0 Å². The lowest BCUT2D eigenvalue weighted by Crippen LogP contribution is -2.45. The summed E-state index contributed by atoms with van der Waals surface area (Å²) < 4.78 is 5.41. The second kappa shape index (κ2) is 13.9. The molecular weight excluding hydrogens is 522 g/mol. The van der Waals surface area contributed by atoms with E-state index in [1.54, 1.807) is 4.90 Å². The minimum atomic E-state index is -0.895. The molecule has 4 rings (SSSR count). The Kier molecular flexibility index (Phi) is 10.3. The van der Waals surface area contributed by atoms with Gasteiger partial charge >= 0.3 is 5.97 Å². The van der Waals surface area contributed by atoms with Gasteiger partial charge in [-0.1, -0.05) is 62.2 Å². The summed E-state index contributed by atoms with van der Waals surface area (Å²) in [6.07, 6.45) is 9.12. The lowest BCUT2D eigenvalue weighted by atomic mass is 9.90. The Morgan fingerprint density at radius 3 is 2.61 bits per heavy atom. The molecule has 0 aromatic heterocycles. The molecule has 1 aromatic carbocycles. The third-order valence-corrected chi connectivity index (χ3v) is 8.59. The van der Waals surface area contributed by atoms with Gasteiger partial charge in [-0.05, 0) is 37.2 Å². The molecule has 1 saturated heterocycles. The van der Waals surface area contributed by atoms with Crippen molar-refractivity contribution in [3.63, 3.8) is 0 Å². The maximum Gasteiger partial charge on any atom is 0.302 e. The van der Waals surface area contributed by atoms with Crippen LogP contribution in [0.3, 0.4) is 0 Å². The van der Waals surface area contributed by atoms with Gasteiger partial charge < -0.3 is 20.3 Å². The summed E-state index contributed by atoms with van der Waals surface area (Å²) in [5.74, 6) is -1.43. The summed E-state index contributed by atoms with van der Waals surface area (Å²) in [6.45, 7) is 4.00. The average Bonchev–Trinajstić information content (AvgIpc) is 3.48. The summed E-state index contributed by atoms with van der Waals surface area (Å²) in [5.41, 5.74) is 0.101. The molecule has 3 aliphatic rings. The molecule has 5 atom stereocenters. The van der Waals surface area contributed by atoms with Gasteiger partial charge in [0.15, 0.2) is 5.78 Å². The largest absolute Gasteiger partial charge is 0.461 e. The molecule has 2 aliphatic heterocycles. The van der Waals surface area contributed by atoms with E-state index in [0.717, 1.165) is 37.7 Å². The number of Topliss-reactive ketones (excluding diaryl/α,β-unsaturated/α-hetero) is 1. The van der Waals surface area contributed by atoms with E-state index in [0.29, 0.717) is 13.0 Å². The number of amides is 3. The number of carbonyl (C=O) groups excluding carboxylic acids is 5. The molecular formula is C32H43N3O6. The van der Waals surface area contributed by atoms with E-state index < -0.39 is 23.5 Å². The average molecular weight is 566 g/mol. The molecule has 222 valence electrons. The molecule has 9 heteroatoms. The summed E-state index contributed by atoms with van der Waals surface area (Å²) in [6, 6.07) is 8.88. The van der Waals surface area contributed by atoms with Crippen molar-refractivity contribution < 1.29 is 28.7 Å². The van der Waals surface area contributed by atoms with Crippen molar-refractivity contribution in [2.45, 2.75) is 90.3 Å². The molecule has 1 saturated carbocycles. The van der Waals surface area contributed by atoms with Gasteiger partial charge in [0.1, 0.15) is 6.10 Å². The minimum absolute atomic E-state index is 0.00363. The van der Waals surface area contributed by atoms with E-state index in [9.17, 15) is 24.0 Å². The highest BCUT2D eigenvalue weighted by atomic mass is 16.5. The molecule has 9 nitrogen and oxygen atoms in total. The van der Waals surface area contributed by atoms with Gasteiger partial charge in [0, 0.05) is 45.2 Å². The van der Waals surface area contributed by atoms with Crippen LogP contribution in [0.25, 0.3) is 0 Å². The van der Waals surface area contributed by atoms with Gasteiger partial charge in [-0.25, -0.2) is 0 Å². The Balaban J connectivity index is 1.42. The molecule has 0 unspecified atom stereocenters. The highest BCUT2D eigenvalue weighted by molar-refractivity contribution is 5.97. The number of hydrogen-bond acceptors (Lipinski definition) is 6. The lowest BCUT2D eigenvalue weighted by Gasteiger charge is -2.27. The number of allylic oxidation sites excluding steroid dienone is 2. The summed E-state index contributed by atoms with van der Waals surface area (Å²) in [7, 11) is 0. The molecule has 1 aliphatic carbocycles. The topological polar surface area (TPSA) is 122 Å². The molecule has 0 bridgehead atoms. The molecule has 3 amide bonds. The SMILES string of the molecule is CC(=O)O[C@@H]1C[C@H]2C(=O)C[C@]3(C(=O)NCCC(=O)NCc4ccccc4)C[C@@H]3/C=C\CCCCC[C@H](C)C(=O)N2C1. The maximum atomic E-state index is 13.8. The minimum Gasteiger partial charge on any atom is -0.461 e. The molecule has 41 heavy (non-hydrogen) atoms. The predicted molar refractivity (Wildman–Crippen MR) is 153 cm³/mol. The number of rotatable bonds is 7. The predicted octanol–water partition coefficient (Wildman–Crippen LogP) is 3.46. The van der Waals surface area contributed by atoms with Crippen LogP contribution < -0.4 is 10.6 Å². The second-order valence-corrected chi connectivity index (χ2v) is 11.8. The number of nitrogens with one attached hydrogen (secondary N) is 2. The highest BCUT2D eigenvalue weighted by Crippen LogP contribution is 2.57. The molecule has 2 fully saturated rings. The number of carbonyl (C=O) groups is 5. The second-order valence-electron chi connectivity index (χ2n) is 11.8. The van der Waals surface area contributed by atoms with Gasteiger partial charge in [0.25, 0.3) is 0 Å². The molecule has 2 N–H and O–H groups in total. The zero-order valence-corrected chi connectivity index (χ0v) is 24.2. The van der Waals surface area contributed by atoms with Gasteiger partial charge in [0.05, 0.1) is 18.0 Å². The Morgan fingerprint density at radius 1 is 1.07 bits per heavy atom. The highest BCUT2D eigenvalue weighted by Gasteiger charge is 2.60. The van der Waals surface area contributed by atoms with Crippen LogP contribution in [0, 0.1) is 17.3 Å². The first-order valence-corrected chi connectivity index (χ1v) is 15.0. The molecule has 2 heterocycles. The van der Waals surface area contributed by atoms with E-state index >= 15 is 0 Å². The first-order valence-electron chi connectivity index (χ1n) is 15.0. The summed E-state index contributed by atoms with van der Waals surface area (Å²) in [4.78, 5) is 66.2. The van der Waals surface area contributed by atoms with Crippen molar-refractivity contribution in [2.75, 3.05) is 13.1 Å². The van der Waals surface area contributed by atoms with Crippen LogP contribution in [-0.2, 0) is 35.3 Å². The standard InChI is InChI=1S/C32H43N3O6/c1-22-11-7-4-3-5-10-14-25-18-32(25,19-28(37)27-17-26(41-23(2)36)21-35(27)30(22)39)31(40)33-16-15-29(38)34-20-24-12-8-6-9-13-24/h6,8-10,12-14,22,25-27H,3-5,7,11,15-21H2,1-2H3,(H,33,40)(H,34,38)/b14-10-/t22-,25-,26+,27-,32+/m0/s1. The van der Waals surface area contributed by atoms with Gasteiger partial charge in [-0.2, -0.15) is 0 Å². The zero-order chi connectivity index (χ0) is 29.4. The quantitative estimate of drug-likeness (QED) is 0.386. The Bertz CT molecular complexity index is 1150. The first kappa shape index (κ1) is 30.5. The van der Waals surface area contributed by atoms with Crippen molar-refractivity contribution in [2.24, 2.45) is 17.3 Å². The monoisotopic (exact) mass is 565 g/mol. The van der Waals surface area contributed by atoms with E-state index in [1.165, 1.54) is 6.92 Å². The van der Waals surface area contributed by atoms with Crippen molar-refractivity contribution >= 4 is 29.5 Å². The Labute approximate surface area is 242 Å². The van der Waals surface area contributed by atoms with Gasteiger partial charge in [0.2, 0.25) is 17.7 Å². The number of ether oxygens (including phenoxy) is 1. The Morgan fingerprint density at radius 2 is 1.85 bits per heavy atom. The van der Waals surface area contributed by atoms with E-state index in [1.807, 2.05) is 37.3 Å². The number of esters is 1. The van der Waals surface area contributed by atoms with Crippen molar-refractivity contribution in [1.29, 1.82) is 0 Å². The fraction of sp³-hybridized carbons (Fsp3) is 0.594.